The van der Waals surface area contributed by atoms with Crippen molar-refractivity contribution in [2.45, 2.75) is 26.3 Å². The molecule has 0 radical (unpaired) electrons. The number of rotatable bonds is 6. The van der Waals surface area contributed by atoms with Crippen LogP contribution < -0.4 is 4.90 Å². The Hall–Kier alpha value is -2.44. The summed E-state index contributed by atoms with van der Waals surface area (Å²) in [5.74, 6) is 1.84. The Bertz CT molecular complexity index is 823. The smallest absolute Gasteiger partial charge is 0.236 e. The Morgan fingerprint density at radius 3 is 2.16 bits per heavy atom. The molecule has 0 spiro atoms. The van der Waals surface area contributed by atoms with Gasteiger partial charge >= 0.3 is 0 Å². The molecule has 0 N–H and O–H groups in total. The highest BCUT2D eigenvalue weighted by Crippen LogP contribution is 2.17. The highest BCUT2D eigenvalue weighted by molar-refractivity contribution is 5.78. The van der Waals surface area contributed by atoms with Crippen LogP contribution in [0.4, 0.5) is 5.82 Å². The van der Waals surface area contributed by atoms with Gasteiger partial charge < -0.3 is 9.80 Å². The Kier molecular flexibility index (Phi) is 7.20. The highest BCUT2D eigenvalue weighted by atomic mass is 16.2. The van der Waals surface area contributed by atoms with Crippen LogP contribution >= 0.6 is 0 Å². The molecule has 6 heteroatoms. The van der Waals surface area contributed by atoms with Crippen LogP contribution in [-0.4, -0.2) is 84.5 Å². The van der Waals surface area contributed by atoms with Crippen molar-refractivity contribution >= 4 is 11.7 Å². The largest absolute Gasteiger partial charge is 0.353 e. The SMILES string of the molecule is CC(C)c1ccc(CN2CCN(CC(=O)N3CCN(c4ccccn4)CC3)CC2)cc1. The van der Waals surface area contributed by atoms with Gasteiger partial charge in [0.1, 0.15) is 5.82 Å². The third kappa shape index (κ3) is 5.83. The van der Waals surface area contributed by atoms with Crippen molar-refractivity contribution in [1.29, 1.82) is 0 Å². The molecule has 0 atom stereocenters. The first kappa shape index (κ1) is 21.8. The van der Waals surface area contributed by atoms with Gasteiger partial charge in [-0.3, -0.25) is 14.6 Å². The quantitative estimate of drug-likeness (QED) is 0.718. The number of carbonyl (C=O) groups is 1. The highest BCUT2D eigenvalue weighted by Gasteiger charge is 2.25. The molecule has 2 fully saturated rings. The van der Waals surface area contributed by atoms with E-state index in [1.165, 1.54) is 11.1 Å². The summed E-state index contributed by atoms with van der Waals surface area (Å²) in [6.07, 6.45) is 1.83. The fourth-order valence-corrected chi connectivity index (χ4v) is 4.39. The van der Waals surface area contributed by atoms with Crippen LogP contribution in [0.15, 0.2) is 48.7 Å². The molecule has 3 heterocycles. The minimum atomic E-state index is 0.262. The molecular formula is C25H35N5O. The van der Waals surface area contributed by atoms with E-state index in [1.54, 1.807) is 0 Å². The second-order valence-electron chi connectivity index (χ2n) is 9.00. The van der Waals surface area contributed by atoms with Crippen molar-refractivity contribution in [3.8, 4) is 0 Å². The minimum absolute atomic E-state index is 0.262. The summed E-state index contributed by atoms with van der Waals surface area (Å²) in [6, 6.07) is 15.0. The number of benzene rings is 1. The van der Waals surface area contributed by atoms with Gasteiger partial charge in [0.05, 0.1) is 6.54 Å². The van der Waals surface area contributed by atoms with E-state index in [1.807, 2.05) is 29.3 Å². The van der Waals surface area contributed by atoms with Crippen molar-refractivity contribution in [3.05, 3.63) is 59.8 Å². The summed E-state index contributed by atoms with van der Waals surface area (Å²) in [6.45, 7) is 13.2. The van der Waals surface area contributed by atoms with Gasteiger partial charge in [-0.2, -0.15) is 0 Å². The van der Waals surface area contributed by atoms with Crippen LogP contribution in [0.3, 0.4) is 0 Å². The third-order valence-corrected chi connectivity index (χ3v) is 6.48. The van der Waals surface area contributed by atoms with Gasteiger partial charge in [0.25, 0.3) is 0 Å². The first-order valence-corrected chi connectivity index (χ1v) is 11.6. The molecule has 2 aliphatic heterocycles. The van der Waals surface area contributed by atoms with Crippen LogP contribution in [0.25, 0.3) is 0 Å². The lowest BCUT2D eigenvalue weighted by Gasteiger charge is -2.38. The summed E-state index contributed by atoms with van der Waals surface area (Å²) >= 11 is 0. The summed E-state index contributed by atoms with van der Waals surface area (Å²) in [4.78, 5) is 26.3. The van der Waals surface area contributed by atoms with E-state index in [2.05, 4.69) is 57.8 Å². The lowest BCUT2D eigenvalue weighted by molar-refractivity contribution is -0.133. The van der Waals surface area contributed by atoms with Gasteiger partial charge in [0, 0.05) is 65.1 Å². The van der Waals surface area contributed by atoms with Crippen LogP contribution in [0.1, 0.15) is 30.9 Å². The van der Waals surface area contributed by atoms with Crippen LogP contribution in [0, 0.1) is 0 Å². The molecular weight excluding hydrogens is 386 g/mol. The Balaban J connectivity index is 1.18. The van der Waals surface area contributed by atoms with Crippen molar-refractivity contribution in [2.24, 2.45) is 0 Å². The van der Waals surface area contributed by atoms with Gasteiger partial charge in [-0.15, -0.1) is 0 Å². The topological polar surface area (TPSA) is 42.9 Å². The molecule has 31 heavy (non-hydrogen) atoms. The van der Waals surface area contributed by atoms with Gasteiger partial charge in [-0.25, -0.2) is 4.98 Å². The fraction of sp³-hybridized carbons (Fsp3) is 0.520. The van der Waals surface area contributed by atoms with Crippen molar-refractivity contribution in [3.63, 3.8) is 0 Å². The maximum atomic E-state index is 12.8. The van der Waals surface area contributed by atoms with E-state index < -0.39 is 0 Å². The Morgan fingerprint density at radius 1 is 0.871 bits per heavy atom. The lowest BCUT2D eigenvalue weighted by Crippen LogP contribution is -2.53. The lowest BCUT2D eigenvalue weighted by atomic mass is 10.0. The molecule has 0 bridgehead atoms. The number of pyridine rings is 1. The average molecular weight is 422 g/mol. The van der Waals surface area contributed by atoms with E-state index in [9.17, 15) is 4.79 Å². The normalized spacial score (nSPS) is 18.5. The molecule has 6 nitrogen and oxygen atoms in total. The minimum Gasteiger partial charge on any atom is -0.353 e. The molecule has 1 amide bonds. The molecule has 2 aromatic rings. The molecule has 1 aromatic heterocycles. The molecule has 2 aliphatic rings. The molecule has 0 unspecified atom stereocenters. The number of hydrogen-bond acceptors (Lipinski definition) is 5. The summed E-state index contributed by atoms with van der Waals surface area (Å²) in [7, 11) is 0. The average Bonchev–Trinajstić information content (AvgIpc) is 2.81. The van der Waals surface area contributed by atoms with Crippen LogP contribution in [-0.2, 0) is 11.3 Å². The van der Waals surface area contributed by atoms with Gasteiger partial charge in [0.15, 0.2) is 0 Å². The number of aromatic nitrogens is 1. The van der Waals surface area contributed by atoms with Crippen LogP contribution in [0.5, 0.6) is 0 Å². The first-order valence-electron chi connectivity index (χ1n) is 11.6. The zero-order valence-corrected chi connectivity index (χ0v) is 18.9. The maximum Gasteiger partial charge on any atom is 0.236 e. The number of nitrogens with zero attached hydrogens (tertiary/aromatic N) is 5. The van der Waals surface area contributed by atoms with Gasteiger partial charge in [-0.1, -0.05) is 44.2 Å². The monoisotopic (exact) mass is 421 g/mol. The molecule has 2 saturated heterocycles. The number of piperazine rings is 2. The standard InChI is InChI=1S/C25H35N5O/c1-21(2)23-8-6-22(7-9-23)19-27-11-13-28(14-12-27)20-25(31)30-17-15-29(16-18-30)24-5-3-4-10-26-24/h3-10,21H,11-20H2,1-2H3. The molecule has 166 valence electrons. The van der Waals surface area contributed by atoms with E-state index in [0.717, 1.165) is 64.7 Å². The number of carbonyl (C=O) groups excluding carboxylic acids is 1. The first-order chi connectivity index (χ1) is 15.1. The number of hydrogen-bond donors (Lipinski definition) is 0. The van der Waals surface area contributed by atoms with E-state index in [0.29, 0.717) is 12.5 Å². The molecule has 1 aromatic carbocycles. The van der Waals surface area contributed by atoms with Crippen LogP contribution in [0.2, 0.25) is 0 Å². The Morgan fingerprint density at radius 2 is 1.55 bits per heavy atom. The van der Waals surface area contributed by atoms with E-state index in [-0.39, 0.29) is 5.91 Å². The molecule has 4 rings (SSSR count). The van der Waals surface area contributed by atoms with E-state index >= 15 is 0 Å². The zero-order chi connectivity index (χ0) is 21.6. The zero-order valence-electron chi connectivity index (χ0n) is 18.9. The van der Waals surface area contributed by atoms with E-state index in [4.69, 9.17) is 0 Å². The second kappa shape index (κ2) is 10.2. The number of anilines is 1. The maximum absolute atomic E-state index is 12.8. The van der Waals surface area contributed by atoms with Crippen molar-refractivity contribution in [2.75, 3.05) is 63.8 Å². The molecule has 0 saturated carbocycles. The van der Waals surface area contributed by atoms with Gasteiger partial charge in [-0.05, 0) is 29.2 Å². The Labute approximate surface area is 186 Å². The fourth-order valence-electron chi connectivity index (χ4n) is 4.39. The summed E-state index contributed by atoms with van der Waals surface area (Å²) in [5.41, 5.74) is 2.77. The van der Waals surface area contributed by atoms with Gasteiger partial charge in [0.2, 0.25) is 5.91 Å². The van der Waals surface area contributed by atoms with Crippen molar-refractivity contribution < 1.29 is 4.79 Å². The summed E-state index contributed by atoms with van der Waals surface area (Å²) in [5, 5.41) is 0. The summed E-state index contributed by atoms with van der Waals surface area (Å²) < 4.78 is 0. The number of amides is 1. The second-order valence-corrected chi connectivity index (χ2v) is 9.00. The third-order valence-electron chi connectivity index (χ3n) is 6.48. The predicted octanol–water partition coefficient (Wildman–Crippen LogP) is 2.67. The van der Waals surface area contributed by atoms with Crippen molar-refractivity contribution in [1.82, 2.24) is 19.7 Å². The predicted molar refractivity (Wildman–Crippen MR) is 125 cm³/mol. The molecule has 0 aliphatic carbocycles.